The highest BCUT2D eigenvalue weighted by Gasteiger charge is 2.18. The molecule has 0 N–H and O–H groups in total. The van der Waals surface area contributed by atoms with E-state index in [0.717, 1.165) is 43.2 Å². The minimum absolute atomic E-state index is 0.277. The Labute approximate surface area is 204 Å². The Bertz CT molecular complexity index is 1160. The number of anilines is 1. The molecule has 8 nitrogen and oxygen atoms in total. The normalized spacial score (nSPS) is 13.5. The third kappa shape index (κ3) is 5.91. The Hall–Kier alpha value is -4.04. The van der Waals surface area contributed by atoms with Crippen molar-refractivity contribution >= 4 is 23.6 Å². The fraction of sp³-hybridized carbons (Fsp3) is 0.259. The molecule has 0 spiro atoms. The molecule has 1 heterocycles. The number of rotatable bonds is 8. The highest BCUT2D eigenvalue weighted by molar-refractivity contribution is 5.93. The Balaban J connectivity index is 1.44. The predicted molar refractivity (Wildman–Crippen MR) is 134 cm³/mol. The fourth-order valence-electron chi connectivity index (χ4n) is 3.74. The van der Waals surface area contributed by atoms with Gasteiger partial charge < -0.3 is 28.6 Å². The maximum absolute atomic E-state index is 12.8. The second-order valence-electron chi connectivity index (χ2n) is 7.75. The SMILES string of the molecule is COc1cc(C(=O)Oc2cccc(C=Nc3ccc(N4CCOCC4)cc3)c2)cc(OC)c1OC. The van der Waals surface area contributed by atoms with E-state index in [0.29, 0.717) is 23.0 Å². The van der Waals surface area contributed by atoms with Crippen LogP contribution in [0, 0.1) is 0 Å². The molecule has 0 atom stereocenters. The van der Waals surface area contributed by atoms with Crippen LogP contribution in [0.3, 0.4) is 0 Å². The summed E-state index contributed by atoms with van der Waals surface area (Å²) in [7, 11) is 4.49. The van der Waals surface area contributed by atoms with Crippen molar-refractivity contribution in [2.45, 2.75) is 0 Å². The second kappa shape index (κ2) is 11.4. The third-order valence-electron chi connectivity index (χ3n) is 5.56. The highest BCUT2D eigenvalue weighted by Crippen LogP contribution is 2.38. The van der Waals surface area contributed by atoms with Crippen LogP contribution in [0.25, 0.3) is 0 Å². The van der Waals surface area contributed by atoms with Gasteiger partial charge in [0.25, 0.3) is 0 Å². The van der Waals surface area contributed by atoms with Gasteiger partial charge in [-0.15, -0.1) is 0 Å². The molecule has 1 saturated heterocycles. The number of hydrogen-bond acceptors (Lipinski definition) is 8. The van der Waals surface area contributed by atoms with Crippen LogP contribution >= 0.6 is 0 Å². The average Bonchev–Trinajstić information content (AvgIpc) is 2.92. The van der Waals surface area contributed by atoms with Gasteiger partial charge in [-0.25, -0.2) is 4.79 Å². The van der Waals surface area contributed by atoms with Crippen LogP contribution in [0.5, 0.6) is 23.0 Å². The van der Waals surface area contributed by atoms with Crippen molar-refractivity contribution in [2.75, 3.05) is 52.5 Å². The van der Waals surface area contributed by atoms with Gasteiger partial charge >= 0.3 is 5.97 Å². The number of methoxy groups -OCH3 is 3. The molecule has 0 unspecified atom stereocenters. The number of nitrogens with zero attached hydrogens (tertiary/aromatic N) is 2. The van der Waals surface area contributed by atoms with Gasteiger partial charge in [0.15, 0.2) is 11.5 Å². The van der Waals surface area contributed by atoms with Crippen LogP contribution in [0.4, 0.5) is 11.4 Å². The number of esters is 1. The number of ether oxygens (including phenoxy) is 5. The number of carbonyl (C=O) groups excluding carboxylic acids is 1. The van der Waals surface area contributed by atoms with Crippen molar-refractivity contribution in [3.63, 3.8) is 0 Å². The monoisotopic (exact) mass is 476 g/mol. The van der Waals surface area contributed by atoms with Gasteiger partial charge in [-0.2, -0.15) is 0 Å². The molecule has 0 aromatic heterocycles. The molecule has 1 aliphatic heterocycles. The molecule has 0 saturated carbocycles. The fourth-order valence-corrected chi connectivity index (χ4v) is 3.74. The zero-order chi connectivity index (χ0) is 24.6. The Morgan fingerprint density at radius 2 is 1.60 bits per heavy atom. The van der Waals surface area contributed by atoms with E-state index in [9.17, 15) is 4.79 Å². The molecule has 182 valence electrons. The van der Waals surface area contributed by atoms with E-state index in [1.807, 2.05) is 18.2 Å². The first kappa shape index (κ1) is 24.1. The van der Waals surface area contributed by atoms with Crippen LogP contribution < -0.4 is 23.8 Å². The van der Waals surface area contributed by atoms with Crippen LogP contribution in [-0.2, 0) is 4.74 Å². The summed E-state index contributed by atoms with van der Waals surface area (Å²) in [5.41, 5.74) is 3.08. The molecular formula is C27H28N2O6. The standard InChI is InChI=1S/C27H28N2O6/c1-31-24-16-20(17-25(32-2)26(24)33-3)27(30)35-23-6-4-5-19(15-23)18-28-21-7-9-22(10-8-21)29-11-13-34-14-12-29/h4-10,15-18H,11-14H2,1-3H3. The van der Waals surface area contributed by atoms with E-state index in [1.54, 1.807) is 36.5 Å². The zero-order valence-electron chi connectivity index (χ0n) is 20.0. The second-order valence-corrected chi connectivity index (χ2v) is 7.75. The molecule has 35 heavy (non-hydrogen) atoms. The van der Waals surface area contributed by atoms with Gasteiger partial charge in [-0.3, -0.25) is 4.99 Å². The van der Waals surface area contributed by atoms with Crippen LogP contribution in [0.2, 0.25) is 0 Å². The summed E-state index contributed by atoms with van der Waals surface area (Å²) in [6.07, 6.45) is 1.74. The molecule has 3 aromatic rings. The topological polar surface area (TPSA) is 78.8 Å². The maximum Gasteiger partial charge on any atom is 0.343 e. The van der Waals surface area contributed by atoms with E-state index in [-0.39, 0.29) is 5.56 Å². The van der Waals surface area contributed by atoms with Crippen molar-refractivity contribution in [1.82, 2.24) is 0 Å². The van der Waals surface area contributed by atoms with E-state index in [2.05, 4.69) is 22.0 Å². The van der Waals surface area contributed by atoms with Crippen molar-refractivity contribution in [3.05, 3.63) is 71.8 Å². The summed E-state index contributed by atoms with van der Waals surface area (Å²) >= 11 is 0. The zero-order valence-corrected chi connectivity index (χ0v) is 20.0. The molecule has 0 bridgehead atoms. The predicted octanol–water partition coefficient (Wildman–Crippen LogP) is 4.52. The minimum Gasteiger partial charge on any atom is -0.493 e. The summed E-state index contributed by atoms with van der Waals surface area (Å²) < 4.78 is 26.9. The summed E-state index contributed by atoms with van der Waals surface area (Å²) in [5.74, 6) is 1.01. The maximum atomic E-state index is 12.8. The lowest BCUT2D eigenvalue weighted by molar-refractivity contribution is 0.0734. The molecule has 8 heteroatoms. The first-order valence-corrected chi connectivity index (χ1v) is 11.2. The summed E-state index contributed by atoms with van der Waals surface area (Å²) in [6, 6.07) is 18.4. The van der Waals surface area contributed by atoms with Crippen molar-refractivity contribution in [3.8, 4) is 23.0 Å². The van der Waals surface area contributed by atoms with Gasteiger partial charge in [0, 0.05) is 25.0 Å². The average molecular weight is 477 g/mol. The van der Waals surface area contributed by atoms with E-state index in [4.69, 9.17) is 23.7 Å². The smallest absolute Gasteiger partial charge is 0.343 e. The van der Waals surface area contributed by atoms with E-state index in [1.165, 1.54) is 21.3 Å². The molecule has 1 fully saturated rings. The lowest BCUT2D eigenvalue weighted by atomic mass is 10.1. The number of carbonyl (C=O) groups is 1. The molecule has 4 rings (SSSR count). The minimum atomic E-state index is -0.544. The lowest BCUT2D eigenvalue weighted by Crippen LogP contribution is -2.36. The Morgan fingerprint density at radius 1 is 0.914 bits per heavy atom. The van der Waals surface area contributed by atoms with Crippen molar-refractivity contribution < 1.29 is 28.5 Å². The van der Waals surface area contributed by atoms with Gasteiger partial charge in [0.1, 0.15) is 5.75 Å². The molecule has 3 aromatic carbocycles. The quantitative estimate of drug-likeness (QED) is 0.269. The van der Waals surface area contributed by atoms with Crippen molar-refractivity contribution in [2.24, 2.45) is 4.99 Å². The summed E-state index contributed by atoms with van der Waals surface area (Å²) in [4.78, 5) is 19.6. The number of benzene rings is 3. The van der Waals surface area contributed by atoms with Crippen LogP contribution in [0.15, 0.2) is 65.7 Å². The van der Waals surface area contributed by atoms with Crippen LogP contribution in [0.1, 0.15) is 15.9 Å². The van der Waals surface area contributed by atoms with Crippen molar-refractivity contribution in [1.29, 1.82) is 0 Å². The third-order valence-corrected chi connectivity index (χ3v) is 5.56. The highest BCUT2D eigenvalue weighted by atomic mass is 16.5. The number of aliphatic imine (C=N–C) groups is 1. The molecule has 0 amide bonds. The largest absolute Gasteiger partial charge is 0.493 e. The van der Waals surface area contributed by atoms with Gasteiger partial charge in [0.05, 0.1) is 45.8 Å². The molecule has 1 aliphatic rings. The Morgan fingerprint density at radius 3 is 2.23 bits per heavy atom. The van der Waals surface area contributed by atoms with Gasteiger partial charge in [-0.1, -0.05) is 12.1 Å². The lowest BCUT2D eigenvalue weighted by Gasteiger charge is -2.28. The first-order valence-electron chi connectivity index (χ1n) is 11.2. The van der Waals surface area contributed by atoms with E-state index < -0.39 is 5.97 Å². The van der Waals surface area contributed by atoms with Gasteiger partial charge in [-0.05, 0) is 54.1 Å². The summed E-state index contributed by atoms with van der Waals surface area (Å²) in [6.45, 7) is 3.29. The molecule has 0 radical (unpaired) electrons. The molecule has 0 aliphatic carbocycles. The number of hydrogen-bond donors (Lipinski definition) is 0. The Kier molecular flexibility index (Phi) is 7.84. The van der Waals surface area contributed by atoms with E-state index >= 15 is 0 Å². The van der Waals surface area contributed by atoms with Gasteiger partial charge in [0.2, 0.25) is 5.75 Å². The first-order chi connectivity index (χ1) is 17.1. The number of morpholine rings is 1. The summed E-state index contributed by atoms with van der Waals surface area (Å²) in [5, 5.41) is 0. The van der Waals surface area contributed by atoms with Crippen LogP contribution in [-0.4, -0.2) is 59.8 Å². The molecular weight excluding hydrogens is 448 g/mol.